The van der Waals surface area contributed by atoms with Crippen LogP contribution in [0.15, 0.2) is 183 Å². The molecule has 0 radical (unpaired) electrons. The van der Waals surface area contributed by atoms with Gasteiger partial charge in [0.05, 0.1) is 5.41 Å². The summed E-state index contributed by atoms with van der Waals surface area (Å²) in [6.45, 7) is 0. The van der Waals surface area contributed by atoms with Crippen LogP contribution in [0.5, 0.6) is 0 Å². The summed E-state index contributed by atoms with van der Waals surface area (Å²) < 4.78 is 19.4. The molecule has 5 heterocycles. The van der Waals surface area contributed by atoms with Crippen molar-refractivity contribution in [1.82, 2.24) is 9.97 Å². The van der Waals surface area contributed by atoms with Crippen LogP contribution in [0.3, 0.4) is 0 Å². The molecular formula is C53H28N2O3. The molecule has 0 saturated heterocycles. The Morgan fingerprint density at radius 3 is 1.66 bits per heavy atom. The van der Waals surface area contributed by atoms with Gasteiger partial charge in [-0.05, 0) is 128 Å². The highest BCUT2D eigenvalue weighted by molar-refractivity contribution is 6.20. The van der Waals surface area contributed by atoms with Crippen LogP contribution >= 0.6 is 0 Å². The second kappa shape index (κ2) is 10.8. The molecule has 5 nitrogen and oxygen atoms in total. The van der Waals surface area contributed by atoms with Crippen molar-refractivity contribution >= 4 is 66.1 Å². The Morgan fingerprint density at radius 2 is 0.931 bits per heavy atom. The summed E-state index contributed by atoms with van der Waals surface area (Å²) in [4.78, 5) is 9.02. The lowest BCUT2D eigenvalue weighted by molar-refractivity contribution is 0.653. The second-order valence-corrected chi connectivity index (χ2v) is 15.6. The molecule has 0 saturated carbocycles. The molecule has 2 aliphatic rings. The Hall–Kier alpha value is -7.76. The lowest BCUT2D eigenvalue weighted by atomic mass is 9.69. The summed E-state index contributed by atoms with van der Waals surface area (Å²) in [7, 11) is 0. The van der Waals surface area contributed by atoms with Gasteiger partial charge in [0.15, 0.2) is 0 Å². The third-order valence-corrected chi connectivity index (χ3v) is 12.8. The maximum atomic E-state index is 7.09. The van der Waals surface area contributed by atoms with Crippen molar-refractivity contribution in [2.45, 2.75) is 5.41 Å². The van der Waals surface area contributed by atoms with E-state index in [1.807, 2.05) is 12.1 Å². The van der Waals surface area contributed by atoms with Gasteiger partial charge in [-0.25, -0.2) is 9.97 Å². The van der Waals surface area contributed by atoms with E-state index < -0.39 is 5.41 Å². The van der Waals surface area contributed by atoms with Crippen molar-refractivity contribution in [2.75, 3.05) is 0 Å². The summed E-state index contributed by atoms with van der Waals surface area (Å²) in [5.41, 5.74) is 18.5. The maximum Gasteiger partial charge on any atom is 0.227 e. The molecule has 1 spiro atoms. The van der Waals surface area contributed by atoms with Crippen molar-refractivity contribution in [3.8, 4) is 44.5 Å². The van der Waals surface area contributed by atoms with Crippen LogP contribution < -0.4 is 0 Å². The van der Waals surface area contributed by atoms with Crippen LogP contribution in [0.4, 0.5) is 0 Å². The van der Waals surface area contributed by atoms with Gasteiger partial charge in [-0.15, -0.1) is 0 Å². The molecule has 58 heavy (non-hydrogen) atoms. The third-order valence-electron chi connectivity index (χ3n) is 12.8. The van der Waals surface area contributed by atoms with E-state index in [4.69, 9.17) is 13.3 Å². The summed E-state index contributed by atoms with van der Waals surface area (Å²) in [6.07, 6.45) is 3.56. The average Bonchev–Trinajstić information content (AvgIpc) is 4.08. The molecule has 0 atom stereocenters. The molecule has 268 valence electrons. The summed E-state index contributed by atoms with van der Waals surface area (Å²) in [6, 6.07) is 57.0. The first-order valence-corrected chi connectivity index (χ1v) is 19.6. The van der Waals surface area contributed by atoms with Crippen molar-refractivity contribution in [3.05, 3.63) is 192 Å². The number of aromatic nitrogens is 2. The largest absolute Gasteiger partial charge is 0.455 e. The molecule has 7 aromatic carbocycles. The van der Waals surface area contributed by atoms with Crippen LogP contribution in [-0.4, -0.2) is 9.97 Å². The number of rotatable bonds is 2. The smallest absolute Gasteiger partial charge is 0.227 e. The molecule has 0 amide bonds. The number of furan rings is 3. The number of pyridine rings is 2. The van der Waals surface area contributed by atoms with Crippen molar-refractivity contribution in [3.63, 3.8) is 0 Å². The molecule has 0 aliphatic heterocycles. The molecule has 0 fully saturated rings. The van der Waals surface area contributed by atoms with Gasteiger partial charge in [0.25, 0.3) is 0 Å². The maximum absolute atomic E-state index is 7.09. The Morgan fingerprint density at radius 1 is 0.362 bits per heavy atom. The number of fused-ring (bicyclic) bond motifs is 20. The fourth-order valence-electron chi connectivity index (χ4n) is 10.5. The molecule has 12 aromatic rings. The van der Waals surface area contributed by atoms with Crippen LogP contribution in [0.1, 0.15) is 22.3 Å². The highest BCUT2D eigenvalue weighted by Crippen LogP contribution is 2.65. The Bertz CT molecular complexity index is 3720. The molecule has 5 heteroatoms. The van der Waals surface area contributed by atoms with E-state index >= 15 is 0 Å². The standard InChI is InChI=1S/C53H28N2O3/c1-4-14-41-32(9-1)33-10-2-5-15-42(33)53(41)43-27-30(29-18-21-46-39(25-29)34-12-7-23-54-51(34)57-46)17-20-36(43)49-44(53)28-38(48-37-11-3-6-16-45(37)56-50(48)49)31-19-22-47-40(26-31)35-13-8-24-55-52(35)58-47/h1-28H. The highest BCUT2D eigenvalue weighted by atomic mass is 16.3. The first kappa shape index (κ1) is 30.5. The van der Waals surface area contributed by atoms with Crippen LogP contribution in [0.2, 0.25) is 0 Å². The van der Waals surface area contributed by atoms with Crippen molar-refractivity contribution in [2.24, 2.45) is 0 Å². The van der Waals surface area contributed by atoms with E-state index in [0.29, 0.717) is 11.4 Å². The zero-order valence-corrected chi connectivity index (χ0v) is 30.8. The lowest BCUT2D eigenvalue weighted by Crippen LogP contribution is -2.26. The number of para-hydroxylation sites is 1. The van der Waals surface area contributed by atoms with Gasteiger partial charge < -0.3 is 13.3 Å². The Kier molecular flexibility index (Phi) is 5.65. The van der Waals surface area contributed by atoms with Gasteiger partial charge >= 0.3 is 0 Å². The minimum Gasteiger partial charge on any atom is -0.455 e. The normalized spacial score (nSPS) is 13.7. The fraction of sp³-hybridized carbons (Fsp3) is 0.0189. The zero-order valence-electron chi connectivity index (χ0n) is 30.8. The summed E-state index contributed by atoms with van der Waals surface area (Å²) >= 11 is 0. The van der Waals surface area contributed by atoms with E-state index in [0.717, 1.165) is 82.5 Å². The topological polar surface area (TPSA) is 65.2 Å². The number of nitrogens with zero attached hydrogens (tertiary/aromatic N) is 2. The fourth-order valence-corrected chi connectivity index (χ4v) is 10.5. The van der Waals surface area contributed by atoms with Crippen molar-refractivity contribution < 1.29 is 13.3 Å². The van der Waals surface area contributed by atoms with Crippen LogP contribution in [0.25, 0.3) is 111 Å². The Balaban J connectivity index is 1.12. The van der Waals surface area contributed by atoms with E-state index in [9.17, 15) is 0 Å². The number of benzene rings is 7. The molecule has 2 aliphatic carbocycles. The van der Waals surface area contributed by atoms with Gasteiger partial charge in [-0.3, -0.25) is 0 Å². The molecule has 5 aromatic heterocycles. The number of hydrogen-bond donors (Lipinski definition) is 0. The Labute approximate surface area is 330 Å². The average molecular weight is 741 g/mol. The van der Waals surface area contributed by atoms with Crippen LogP contribution in [0, 0.1) is 0 Å². The van der Waals surface area contributed by atoms with E-state index in [-0.39, 0.29) is 0 Å². The van der Waals surface area contributed by atoms with Gasteiger partial charge in [0, 0.05) is 50.3 Å². The number of hydrogen-bond acceptors (Lipinski definition) is 5. The molecule has 0 unspecified atom stereocenters. The molecule has 0 bridgehead atoms. The molecular weight excluding hydrogens is 713 g/mol. The predicted octanol–water partition coefficient (Wildman–Crippen LogP) is 13.9. The highest BCUT2D eigenvalue weighted by Gasteiger charge is 2.53. The zero-order chi connectivity index (χ0) is 37.7. The monoisotopic (exact) mass is 740 g/mol. The molecule has 14 rings (SSSR count). The van der Waals surface area contributed by atoms with Crippen LogP contribution in [-0.2, 0) is 5.41 Å². The van der Waals surface area contributed by atoms with Gasteiger partial charge in [0.2, 0.25) is 11.4 Å². The third kappa shape index (κ3) is 3.71. The molecule has 0 N–H and O–H groups in total. The summed E-state index contributed by atoms with van der Waals surface area (Å²) in [5, 5.41) is 6.32. The van der Waals surface area contributed by atoms with E-state index in [2.05, 4.69) is 156 Å². The van der Waals surface area contributed by atoms with Gasteiger partial charge in [-0.2, -0.15) is 0 Å². The quantitative estimate of drug-likeness (QED) is 0.177. The first-order valence-electron chi connectivity index (χ1n) is 19.6. The SMILES string of the molecule is c1ccc2c(c1)-c1ccccc1C21c2cc(-c3ccc4oc5ncccc5c4c3)ccc2-c2c1cc(-c1ccc3oc4ncccc4c3c1)c1c2oc2ccccc21. The van der Waals surface area contributed by atoms with Crippen molar-refractivity contribution in [1.29, 1.82) is 0 Å². The van der Waals surface area contributed by atoms with Gasteiger partial charge in [-0.1, -0.05) is 91.0 Å². The second-order valence-electron chi connectivity index (χ2n) is 15.6. The summed E-state index contributed by atoms with van der Waals surface area (Å²) in [5.74, 6) is 0. The lowest BCUT2D eigenvalue weighted by Gasteiger charge is -2.31. The minimum atomic E-state index is -0.609. The predicted molar refractivity (Wildman–Crippen MR) is 231 cm³/mol. The van der Waals surface area contributed by atoms with E-state index in [1.165, 1.54) is 38.9 Å². The minimum absolute atomic E-state index is 0.609. The van der Waals surface area contributed by atoms with E-state index in [1.54, 1.807) is 12.4 Å². The first-order chi connectivity index (χ1) is 28.7. The van der Waals surface area contributed by atoms with Gasteiger partial charge in [0.1, 0.15) is 22.3 Å².